The van der Waals surface area contributed by atoms with Crippen LogP contribution in [0.1, 0.15) is 11.1 Å². The highest BCUT2D eigenvalue weighted by molar-refractivity contribution is 6.08. The molecule has 6 rings (SSSR count). The average molecular weight is 389 g/mol. The minimum absolute atomic E-state index is 0.651. The van der Waals surface area contributed by atoms with Crippen LogP contribution >= 0.6 is 0 Å². The number of aromatic nitrogens is 1. The Bertz CT molecular complexity index is 1530. The van der Waals surface area contributed by atoms with Crippen LogP contribution < -0.4 is 9.15 Å². The Hall–Kier alpha value is -4.01. The summed E-state index contributed by atoms with van der Waals surface area (Å²) in [6, 6.07) is 28.7. The summed E-state index contributed by atoms with van der Waals surface area (Å²) in [4.78, 5) is 4.40. The van der Waals surface area contributed by atoms with E-state index in [4.69, 9.17) is 4.42 Å². The lowest BCUT2D eigenvalue weighted by atomic mass is 10.1. The second-order valence-electron chi connectivity index (χ2n) is 7.72. The smallest absolute Gasteiger partial charge is 0.431 e. The lowest BCUT2D eigenvalue weighted by Crippen LogP contribution is -2.01. The van der Waals surface area contributed by atoms with E-state index < -0.39 is 0 Å². The molecule has 30 heavy (non-hydrogen) atoms. The number of pyridine rings is 1. The van der Waals surface area contributed by atoms with Crippen LogP contribution in [0.15, 0.2) is 83.4 Å². The molecule has 0 N–H and O–H groups in total. The fourth-order valence-corrected chi connectivity index (χ4v) is 4.30. The molecule has 0 saturated carbocycles. The van der Waals surface area contributed by atoms with E-state index in [2.05, 4.69) is 94.7 Å². The summed E-state index contributed by atoms with van der Waals surface area (Å²) in [5.41, 5.74) is 8.13. The summed E-state index contributed by atoms with van der Waals surface area (Å²) in [5, 5.41) is 2.08. The standard InChI is InChI=1S/C26H19N3O/c1-17-13-18(2)15-19(14-17)28-16-29(23-10-4-3-9-22(23)28)24-11-5-7-20-21-8-6-12-27-26(21)30-25(20)24/h3-15H,1-2H3/q+2. The average Bonchev–Trinajstić information content (AvgIpc) is 3.32. The summed E-state index contributed by atoms with van der Waals surface area (Å²) in [5.74, 6) is 0. The van der Waals surface area contributed by atoms with Crippen molar-refractivity contribution in [2.45, 2.75) is 13.8 Å². The Labute approximate surface area is 173 Å². The van der Waals surface area contributed by atoms with Gasteiger partial charge >= 0.3 is 6.01 Å². The van der Waals surface area contributed by atoms with Gasteiger partial charge in [-0.15, -0.1) is 0 Å². The van der Waals surface area contributed by atoms with E-state index >= 15 is 0 Å². The van der Waals surface area contributed by atoms with Gasteiger partial charge in [0.1, 0.15) is 0 Å². The van der Waals surface area contributed by atoms with Gasteiger partial charge in [-0.05, 0) is 52.3 Å². The maximum Gasteiger partial charge on any atom is 0.503 e. The molecule has 0 radical (unpaired) electrons. The van der Waals surface area contributed by atoms with Crippen LogP contribution in [0.25, 0.3) is 22.1 Å². The first kappa shape index (κ1) is 16.9. The quantitative estimate of drug-likeness (QED) is 0.319. The van der Waals surface area contributed by atoms with E-state index in [1.807, 2.05) is 12.1 Å². The highest BCUT2D eigenvalue weighted by atomic mass is 16.3. The molecule has 0 atom stereocenters. The molecular weight excluding hydrogens is 370 g/mol. The van der Waals surface area contributed by atoms with Crippen molar-refractivity contribution in [3.8, 4) is 0 Å². The Morgan fingerprint density at radius 1 is 0.733 bits per heavy atom. The molecule has 3 aromatic carbocycles. The third-order valence-corrected chi connectivity index (χ3v) is 5.52. The molecule has 0 fully saturated rings. The summed E-state index contributed by atoms with van der Waals surface area (Å²) in [6.45, 7) is 4.25. The second kappa shape index (κ2) is 6.24. The highest BCUT2D eigenvalue weighted by Crippen LogP contribution is 2.40. The van der Waals surface area contributed by atoms with Crippen LogP contribution in [-0.4, -0.2) is 11.0 Å². The van der Waals surface area contributed by atoms with Crippen molar-refractivity contribution in [1.29, 1.82) is 0 Å². The van der Waals surface area contributed by atoms with E-state index in [0.717, 1.165) is 39.1 Å². The third-order valence-electron chi connectivity index (χ3n) is 5.52. The first-order valence-electron chi connectivity index (χ1n) is 9.99. The molecule has 0 bridgehead atoms. The molecule has 4 nitrogen and oxygen atoms in total. The lowest BCUT2D eigenvalue weighted by molar-refractivity contribution is 0.652. The molecule has 0 unspecified atom stereocenters. The van der Waals surface area contributed by atoms with E-state index in [9.17, 15) is 0 Å². The Kier molecular flexibility index (Phi) is 3.52. The zero-order valence-electron chi connectivity index (χ0n) is 16.8. The van der Waals surface area contributed by atoms with Gasteiger partial charge in [-0.2, -0.15) is 0 Å². The summed E-state index contributed by atoms with van der Waals surface area (Å²) in [7, 11) is 0. The van der Waals surface area contributed by atoms with Crippen molar-refractivity contribution in [3.63, 3.8) is 0 Å². The second-order valence-corrected chi connectivity index (χ2v) is 7.72. The fourth-order valence-electron chi connectivity index (χ4n) is 4.30. The molecule has 4 heteroatoms. The Morgan fingerprint density at radius 2 is 1.43 bits per heavy atom. The molecule has 1 aliphatic rings. The van der Waals surface area contributed by atoms with Crippen LogP contribution in [0, 0.1) is 13.8 Å². The van der Waals surface area contributed by atoms with Gasteiger partial charge in [0.05, 0.1) is 0 Å². The predicted octanol–water partition coefficient (Wildman–Crippen LogP) is 6.45. The van der Waals surface area contributed by atoms with Crippen LogP contribution in [-0.2, 0) is 0 Å². The Balaban J connectivity index is 1.68. The number of rotatable bonds is 2. The number of furan rings is 1. The van der Waals surface area contributed by atoms with Crippen LogP contribution in [0.5, 0.6) is 0 Å². The minimum Gasteiger partial charge on any atom is -0.431 e. The summed E-state index contributed by atoms with van der Waals surface area (Å²) >= 11 is 0. The minimum atomic E-state index is 0.651. The van der Waals surface area contributed by atoms with E-state index in [-0.39, 0.29) is 0 Å². The molecule has 1 aliphatic heterocycles. The van der Waals surface area contributed by atoms with Crippen molar-refractivity contribution >= 4 is 50.8 Å². The highest BCUT2D eigenvalue weighted by Gasteiger charge is 2.37. The van der Waals surface area contributed by atoms with Gasteiger partial charge in [0.25, 0.3) is 17.1 Å². The maximum absolute atomic E-state index is 6.18. The number of aryl methyl sites for hydroxylation is 2. The van der Waals surface area contributed by atoms with Crippen LogP contribution in [0.3, 0.4) is 0 Å². The SMILES string of the molecule is Cc1cc(C)cc([N+]2=C=[N+](c3cccc4c3oc3ncccc34)c3ccccc32)c1. The normalized spacial score (nSPS) is 12.9. The summed E-state index contributed by atoms with van der Waals surface area (Å²) in [6.07, 6.45) is 1.76. The molecule has 0 amide bonds. The van der Waals surface area contributed by atoms with E-state index in [1.54, 1.807) is 6.20 Å². The van der Waals surface area contributed by atoms with Gasteiger partial charge in [0.15, 0.2) is 0 Å². The van der Waals surface area contributed by atoms with Crippen molar-refractivity contribution < 1.29 is 4.42 Å². The zero-order chi connectivity index (χ0) is 20.2. The number of hydrogen-bond acceptors (Lipinski definition) is 2. The fraction of sp³-hybridized carbons (Fsp3) is 0.0769. The van der Waals surface area contributed by atoms with Gasteiger partial charge in [-0.3, -0.25) is 0 Å². The number of fused-ring (bicyclic) bond motifs is 4. The van der Waals surface area contributed by atoms with Crippen molar-refractivity contribution in [2.24, 2.45) is 0 Å². The zero-order valence-corrected chi connectivity index (χ0v) is 16.8. The molecule has 142 valence electrons. The first-order valence-corrected chi connectivity index (χ1v) is 9.99. The number of para-hydroxylation sites is 3. The van der Waals surface area contributed by atoms with Gasteiger partial charge < -0.3 is 4.42 Å². The summed E-state index contributed by atoms with van der Waals surface area (Å²) < 4.78 is 10.4. The number of nitrogens with zero attached hydrogens (tertiary/aromatic N) is 3. The predicted molar refractivity (Wildman–Crippen MR) is 122 cm³/mol. The lowest BCUT2D eigenvalue weighted by Gasteiger charge is -1.99. The van der Waals surface area contributed by atoms with E-state index in [0.29, 0.717) is 5.71 Å². The number of benzene rings is 3. The topological polar surface area (TPSA) is 32.0 Å². The maximum atomic E-state index is 6.18. The van der Waals surface area contributed by atoms with Gasteiger partial charge in [0.2, 0.25) is 17.0 Å². The van der Waals surface area contributed by atoms with Gasteiger partial charge in [-0.1, -0.05) is 24.3 Å². The Morgan fingerprint density at radius 3 is 2.23 bits per heavy atom. The molecule has 5 aromatic rings. The van der Waals surface area contributed by atoms with E-state index in [1.165, 1.54) is 11.1 Å². The molecule has 0 spiro atoms. The van der Waals surface area contributed by atoms with Crippen molar-refractivity contribution in [3.05, 3.63) is 90.1 Å². The molecular formula is C26H19N3O+2. The monoisotopic (exact) mass is 389 g/mol. The molecule has 0 aliphatic carbocycles. The molecule has 0 saturated heterocycles. The third kappa shape index (κ3) is 2.45. The molecule has 2 aromatic heterocycles. The number of hydrogen-bond donors (Lipinski definition) is 0. The first-order chi connectivity index (χ1) is 14.7. The van der Waals surface area contributed by atoms with Gasteiger partial charge in [-0.25, -0.2) is 4.98 Å². The van der Waals surface area contributed by atoms with Crippen molar-refractivity contribution in [1.82, 2.24) is 14.1 Å². The largest absolute Gasteiger partial charge is 0.503 e. The van der Waals surface area contributed by atoms with Crippen LogP contribution in [0.2, 0.25) is 0 Å². The van der Waals surface area contributed by atoms with Crippen molar-refractivity contribution in [2.75, 3.05) is 0 Å². The van der Waals surface area contributed by atoms with Crippen LogP contribution in [0.4, 0.5) is 22.7 Å². The van der Waals surface area contributed by atoms with Gasteiger partial charge in [0, 0.05) is 47.3 Å². The molecule has 3 heterocycles.